The van der Waals surface area contributed by atoms with Crippen LogP contribution >= 0.6 is 0 Å². The lowest BCUT2D eigenvalue weighted by Gasteiger charge is -2.22. The van der Waals surface area contributed by atoms with Crippen molar-refractivity contribution in [1.82, 2.24) is 0 Å². The molecule has 0 atom stereocenters. The van der Waals surface area contributed by atoms with Gasteiger partial charge in [0.05, 0.1) is 11.6 Å². The van der Waals surface area contributed by atoms with Crippen LogP contribution in [0.25, 0.3) is 0 Å². The lowest BCUT2D eigenvalue weighted by atomic mass is 10.1. The number of benzene rings is 2. The molecule has 0 unspecified atom stereocenters. The Kier molecular flexibility index (Phi) is 3.87. The molecule has 0 aromatic heterocycles. The van der Waals surface area contributed by atoms with E-state index in [9.17, 15) is 0 Å². The van der Waals surface area contributed by atoms with E-state index in [1.165, 1.54) is 22.4 Å². The molecule has 0 spiro atoms. The number of hydrogen-bond acceptors (Lipinski definition) is 2. The molecule has 96 valence electrons. The maximum absolute atomic E-state index is 8.79. The van der Waals surface area contributed by atoms with Crippen molar-refractivity contribution in [3.8, 4) is 6.07 Å². The largest absolute Gasteiger partial charge is 0.370 e. The van der Waals surface area contributed by atoms with Gasteiger partial charge in [-0.3, -0.25) is 0 Å². The summed E-state index contributed by atoms with van der Waals surface area (Å²) in [6.45, 7) is 5.09. The highest BCUT2D eigenvalue weighted by molar-refractivity contribution is 5.54. The summed E-state index contributed by atoms with van der Waals surface area (Å²) in [5.74, 6) is 0. The van der Waals surface area contributed by atoms with Crippen LogP contribution in [0.3, 0.4) is 0 Å². The average molecular weight is 250 g/mol. The normalized spacial score (nSPS) is 10.0. The van der Waals surface area contributed by atoms with Crippen LogP contribution in [0.4, 0.5) is 5.69 Å². The predicted octanol–water partition coefficient (Wildman–Crippen LogP) is 3.81. The molecule has 2 aromatic carbocycles. The van der Waals surface area contributed by atoms with E-state index in [4.69, 9.17) is 5.26 Å². The topological polar surface area (TPSA) is 27.0 Å². The number of hydrogen-bond donors (Lipinski definition) is 0. The first kappa shape index (κ1) is 13.2. The highest BCUT2D eigenvalue weighted by Crippen LogP contribution is 2.21. The first-order chi connectivity index (χ1) is 9.10. The van der Waals surface area contributed by atoms with Crippen molar-refractivity contribution in [3.05, 3.63) is 64.7 Å². The zero-order valence-electron chi connectivity index (χ0n) is 11.6. The Morgan fingerprint density at radius 1 is 1.05 bits per heavy atom. The summed E-state index contributed by atoms with van der Waals surface area (Å²) in [4.78, 5) is 2.23. The Bertz CT molecular complexity index is 606. The second-order valence-corrected chi connectivity index (χ2v) is 4.95. The van der Waals surface area contributed by atoms with E-state index in [2.05, 4.69) is 50.1 Å². The van der Waals surface area contributed by atoms with Crippen LogP contribution in [0.2, 0.25) is 0 Å². The van der Waals surface area contributed by atoms with Gasteiger partial charge in [-0.2, -0.15) is 5.26 Å². The van der Waals surface area contributed by atoms with Gasteiger partial charge < -0.3 is 4.90 Å². The van der Waals surface area contributed by atoms with Crippen LogP contribution < -0.4 is 4.90 Å². The third-order valence-corrected chi connectivity index (χ3v) is 3.27. The van der Waals surface area contributed by atoms with E-state index >= 15 is 0 Å². The smallest absolute Gasteiger partial charge is 0.0991 e. The zero-order valence-corrected chi connectivity index (χ0v) is 11.6. The first-order valence-electron chi connectivity index (χ1n) is 6.37. The highest BCUT2D eigenvalue weighted by Gasteiger charge is 2.05. The molecule has 0 amide bonds. The van der Waals surface area contributed by atoms with Gasteiger partial charge in [0.15, 0.2) is 0 Å². The Morgan fingerprint density at radius 3 is 2.32 bits per heavy atom. The average Bonchev–Trinajstić information content (AvgIpc) is 2.39. The van der Waals surface area contributed by atoms with Crippen molar-refractivity contribution >= 4 is 5.69 Å². The third-order valence-electron chi connectivity index (χ3n) is 3.27. The molecular formula is C17H18N2. The fraction of sp³-hybridized carbons (Fsp3) is 0.235. The standard InChI is InChI=1S/C17H18N2/c1-13-4-9-17(14(2)10-13)19(3)12-16-7-5-15(11-18)6-8-16/h4-10H,12H2,1-3H3. The number of nitriles is 1. The van der Waals surface area contributed by atoms with Crippen molar-refractivity contribution in [2.75, 3.05) is 11.9 Å². The van der Waals surface area contributed by atoms with Crippen LogP contribution in [-0.2, 0) is 6.54 Å². The van der Waals surface area contributed by atoms with Crippen molar-refractivity contribution < 1.29 is 0 Å². The minimum absolute atomic E-state index is 0.706. The van der Waals surface area contributed by atoms with Crippen molar-refractivity contribution in [3.63, 3.8) is 0 Å². The Morgan fingerprint density at radius 2 is 1.74 bits per heavy atom. The van der Waals surface area contributed by atoms with Gasteiger partial charge in [0, 0.05) is 19.3 Å². The Balaban J connectivity index is 2.16. The summed E-state index contributed by atoms with van der Waals surface area (Å²) in [7, 11) is 2.09. The fourth-order valence-corrected chi connectivity index (χ4v) is 2.28. The molecule has 0 radical (unpaired) electrons. The number of anilines is 1. The molecule has 0 heterocycles. The Hall–Kier alpha value is -2.27. The summed E-state index contributed by atoms with van der Waals surface area (Å²) in [5.41, 5.74) is 5.73. The van der Waals surface area contributed by atoms with Gasteiger partial charge in [0.25, 0.3) is 0 Å². The maximum Gasteiger partial charge on any atom is 0.0991 e. The summed E-state index contributed by atoms with van der Waals surface area (Å²) in [6.07, 6.45) is 0. The third kappa shape index (κ3) is 3.14. The number of aryl methyl sites for hydroxylation is 2. The van der Waals surface area contributed by atoms with Gasteiger partial charge in [-0.15, -0.1) is 0 Å². The van der Waals surface area contributed by atoms with E-state index in [0.29, 0.717) is 5.56 Å². The summed E-state index contributed by atoms with van der Waals surface area (Å²) < 4.78 is 0. The molecule has 2 rings (SSSR count). The molecule has 0 aliphatic rings. The number of nitrogens with zero attached hydrogens (tertiary/aromatic N) is 2. The van der Waals surface area contributed by atoms with Crippen LogP contribution in [0, 0.1) is 25.2 Å². The lowest BCUT2D eigenvalue weighted by Crippen LogP contribution is -2.17. The second kappa shape index (κ2) is 5.58. The van der Waals surface area contributed by atoms with Gasteiger partial charge in [-0.25, -0.2) is 0 Å². The van der Waals surface area contributed by atoms with Gasteiger partial charge in [-0.1, -0.05) is 29.8 Å². The maximum atomic E-state index is 8.79. The van der Waals surface area contributed by atoms with Crippen molar-refractivity contribution in [2.45, 2.75) is 20.4 Å². The quantitative estimate of drug-likeness (QED) is 0.828. The molecule has 0 N–H and O–H groups in total. The minimum atomic E-state index is 0.706. The van der Waals surface area contributed by atoms with E-state index in [1.54, 1.807) is 0 Å². The minimum Gasteiger partial charge on any atom is -0.370 e. The van der Waals surface area contributed by atoms with Crippen molar-refractivity contribution in [2.24, 2.45) is 0 Å². The monoisotopic (exact) mass is 250 g/mol. The molecule has 2 heteroatoms. The predicted molar refractivity (Wildman–Crippen MR) is 79.2 cm³/mol. The van der Waals surface area contributed by atoms with Crippen LogP contribution in [0.1, 0.15) is 22.3 Å². The van der Waals surface area contributed by atoms with E-state index in [1.807, 2.05) is 24.3 Å². The van der Waals surface area contributed by atoms with E-state index in [-0.39, 0.29) is 0 Å². The van der Waals surface area contributed by atoms with Crippen LogP contribution in [-0.4, -0.2) is 7.05 Å². The van der Waals surface area contributed by atoms with Crippen LogP contribution in [0.15, 0.2) is 42.5 Å². The lowest BCUT2D eigenvalue weighted by molar-refractivity contribution is 0.916. The van der Waals surface area contributed by atoms with Crippen molar-refractivity contribution in [1.29, 1.82) is 5.26 Å². The molecule has 2 nitrogen and oxygen atoms in total. The zero-order chi connectivity index (χ0) is 13.8. The SMILES string of the molecule is Cc1ccc(N(C)Cc2ccc(C#N)cc2)c(C)c1. The molecular weight excluding hydrogens is 232 g/mol. The van der Waals surface area contributed by atoms with Gasteiger partial charge in [0.1, 0.15) is 0 Å². The van der Waals surface area contributed by atoms with Gasteiger partial charge >= 0.3 is 0 Å². The van der Waals surface area contributed by atoms with Crippen LogP contribution in [0.5, 0.6) is 0 Å². The first-order valence-corrected chi connectivity index (χ1v) is 6.37. The molecule has 0 bridgehead atoms. The molecule has 0 saturated carbocycles. The summed E-state index contributed by atoms with van der Waals surface area (Å²) >= 11 is 0. The number of rotatable bonds is 3. The van der Waals surface area contributed by atoms with Gasteiger partial charge in [-0.05, 0) is 43.2 Å². The molecule has 0 aliphatic carbocycles. The summed E-state index contributed by atoms with van der Waals surface area (Å²) in [6, 6.07) is 16.4. The molecule has 0 aliphatic heterocycles. The molecule has 0 fully saturated rings. The summed E-state index contributed by atoms with van der Waals surface area (Å²) in [5, 5.41) is 8.79. The Labute approximate surface area is 114 Å². The second-order valence-electron chi connectivity index (χ2n) is 4.95. The molecule has 19 heavy (non-hydrogen) atoms. The van der Waals surface area contributed by atoms with E-state index in [0.717, 1.165) is 6.54 Å². The molecule has 0 saturated heterocycles. The molecule has 2 aromatic rings. The van der Waals surface area contributed by atoms with E-state index < -0.39 is 0 Å². The fourth-order valence-electron chi connectivity index (χ4n) is 2.28. The van der Waals surface area contributed by atoms with Gasteiger partial charge in [0.2, 0.25) is 0 Å². The highest BCUT2D eigenvalue weighted by atomic mass is 15.1.